The number of carbonyl (C=O) groups excluding carboxylic acids is 1. The van der Waals surface area contributed by atoms with E-state index in [1.807, 2.05) is 0 Å². The maximum atomic E-state index is 11.7. The van der Waals surface area contributed by atoms with E-state index in [0.29, 0.717) is 24.3 Å². The number of alkyl halides is 3. The van der Waals surface area contributed by atoms with Gasteiger partial charge >= 0.3 is 6.36 Å². The van der Waals surface area contributed by atoms with Gasteiger partial charge in [-0.15, -0.1) is 13.2 Å². The minimum atomic E-state index is -4.65. The highest BCUT2D eigenvalue weighted by atomic mass is 19.4. The molecule has 7 heteroatoms. The van der Waals surface area contributed by atoms with Crippen molar-refractivity contribution in [2.24, 2.45) is 0 Å². The van der Waals surface area contributed by atoms with Crippen molar-refractivity contribution in [3.8, 4) is 5.75 Å². The molecule has 0 spiro atoms. The normalized spacial score (nSPS) is 14.8. The van der Waals surface area contributed by atoms with E-state index in [4.69, 9.17) is 4.74 Å². The molecule has 1 aromatic rings. The smallest absolute Gasteiger partial charge is 0.491 e. The van der Waals surface area contributed by atoms with Gasteiger partial charge in [-0.3, -0.25) is 9.53 Å². The molecule has 0 aliphatic carbocycles. The molecule has 1 N–H and O–H groups in total. The Morgan fingerprint density at radius 3 is 2.74 bits per heavy atom. The van der Waals surface area contributed by atoms with Crippen LogP contribution in [0, 0.1) is 0 Å². The molecule has 1 heterocycles. The lowest BCUT2D eigenvalue weighted by Gasteiger charge is -2.17. The Bertz CT molecular complexity index is 474. The minimum Gasteiger partial charge on any atom is -0.491 e. The lowest BCUT2D eigenvalue weighted by atomic mass is 10.0. The van der Waals surface area contributed by atoms with E-state index in [1.54, 1.807) is 18.2 Å². The van der Waals surface area contributed by atoms with E-state index in [-0.39, 0.29) is 12.5 Å². The van der Waals surface area contributed by atoms with Crippen LogP contribution >= 0.6 is 0 Å². The summed E-state index contributed by atoms with van der Waals surface area (Å²) in [6.07, 6.45) is -3.56. The van der Waals surface area contributed by atoms with Crippen molar-refractivity contribution >= 4 is 11.6 Å². The summed E-state index contributed by atoms with van der Waals surface area (Å²) >= 11 is 0. The zero-order valence-electron chi connectivity index (χ0n) is 9.92. The fraction of sp³-hybridized carbons (Fsp3) is 0.417. The molecule has 0 saturated carbocycles. The summed E-state index contributed by atoms with van der Waals surface area (Å²) in [6.45, 7) is -0.792. The number of hydrogen-bond donors (Lipinski definition) is 1. The van der Waals surface area contributed by atoms with E-state index in [0.717, 1.165) is 5.56 Å². The van der Waals surface area contributed by atoms with Crippen LogP contribution in [0.15, 0.2) is 18.2 Å². The molecule has 19 heavy (non-hydrogen) atoms. The third kappa shape index (κ3) is 4.13. The average Bonchev–Trinajstić information content (AvgIpc) is 2.33. The second-order valence-electron chi connectivity index (χ2n) is 4.01. The molecule has 0 bridgehead atoms. The molecule has 0 fully saturated rings. The number of aryl methyl sites for hydroxylation is 1. The van der Waals surface area contributed by atoms with Crippen LogP contribution in [-0.2, 0) is 16.0 Å². The lowest BCUT2D eigenvalue weighted by molar-refractivity contribution is -0.325. The van der Waals surface area contributed by atoms with Gasteiger partial charge in [-0.2, -0.15) is 0 Å². The predicted molar refractivity (Wildman–Crippen MR) is 60.9 cm³/mol. The summed E-state index contributed by atoms with van der Waals surface area (Å²) in [4.78, 5) is 11.2. The van der Waals surface area contributed by atoms with E-state index in [9.17, 15) is 18.0 Å². The SMILES string of the molecule is O=C1CCc2ccc(OCCOC(F)(F)F)cc2N1. The number of amides is 1. The Morgan fingerprint density at radius 2 is 2.00 bits per heavy atom. The van der Waals surface area contributed by atoms with E-state index >= 15 is 0 Å². The summed E-state index contributed by atoms with van der Waals surface area (Å²) < 4.78 is 43.9. The van der Waals surface area contributed by atoms with E-state index in [2.05, 4.69) is 10.1 Å². The van der Waals surface area contributed by atoms with Crippen LogP contribution in [0.3, 0.4) is 0 Å². The first-order chi connectivity index (χ1) is 8.94. The van der Waals surface area contributed by atoms with Crippen molar-refractivity contribution in [3.05, 3.63) is 23.8 Å². The zero-order valence-corrected chi connectivity index (χ0v) is 9.92. The predicted octanol–water partition coefficient (Wildman–Crippen LogP) is 2.49. The number of carbonyl (C=O) groups is 1. The number of halogens is 3. The number of ether oxygens (including phenoxy) is 2. The van der Waals surface area contributed by atoms with Gasteiger partial charge in [0.1, 0.15) is 12.4 Å². The third-order valence-corrected chi connectivity index (χ3v) is 2.59. The topological polar surface area (TPSA) is 47.6 Å². The van der Waals surface area contributed by atoms with Gasteiger partial charge in [-0.05, 0) is 18.1 Å². The molecule has 0 atom stereocenters. The first kappa shape index (κ1) is 13.7. The van der Waals surface area contributed by atoms with Gasteiger partial charge in [0, 0.05) is 18.2 Å². The summed E-state index contributed by atoms with van der Waals surface area (Å²) in [7, 11) is 0. The standard InChI is InChI=1S/C12H12F3NO3/c13-12(14,15)19-6-5-18-9-3-1-8-2-4-11(17)16-10(8)7-9/h1,3,7H,2,4-6H2,(H,16,17). The Hall–Kier alpha value is -1.76. The largest absolute Gasteiger partial charge is 0.522 e. The maximum absolute atomic E-state index is 11.7. The minimum absolute atomic E-state index is 0.0787. The van der Waals surface area contributed by atoms with Gasteiger partial charge in [0.2, 0.25) is 5.91 Å². The second kappa shape index (κ2) is 5.48. The Morgan fingerprint density at radius 1 is 1.21 bits per heavy atom. The monoisotopic (exact) mass is 275 g/mol. The number of hydrogen-bond acceptors (Lipinski definition) is 3. The van der Waals surface area contributed by atoms with E-state index in [1.165, 1.54) is 0 Å². The molecule has 0 aromatic heterocycles. The van der Waals surface area contributed by atoms with Crippen LogP contribution in [0.5, 0.6) is 5.75 Å². The number of anilines is 1. The molecule has 0 radical (unpaired) electrons. The van der Waals surface area contributed by atoms with Gasteiger partial charge in [0.25, 0.3) is 0 Å². The Kier molecular flexibility index (Phi) is 3.94. The third-order valence-electron chi connectivity index (χ3n) is 2.59. The van der Waals surface area contributed by atoms with Gasteiger partial charge in [0.05, 0.1) is 6.61 Å². The average molecular weight is 275 g/mol. The molecular weight excluding hydrogens is 263 g/mol. The lowest BCUT2D eigenvalue weighted by Crippen LogP contribution is -2.19. The highest BCUT2D eigenvalue weighted by Crippen LogP contribution is 2.27. The van der Waals surface area contributed by atoms with Crippen molar-refractivity contribution in [1.82, 2.24) is 0 Å². The maximum Gasteiger partial charge on any atom is 0.522 e. The van der Waals surface area contributed by atoms with Crippen LogP contribution in [0.25, 0.3) is 0 Å². The van der Waals surface area contributed by atoms with E-state index < -0.39 is 13.0 Å². The summed E-state index contributed by atoms with van der Waals surface area (Å²) in [5.41, 5.74) is 1.63. The Balaban J connectivity index is 1.88. The number of rotatable bonds is 4. The van der Waals surface area contributed by atoms with Crippen molar-refractivity contribution in [2.75, 3.05) is 18.5 Å². The number of nitrogens with one attached hydrogen (secondary N) is 1. The first-order valence-electron chi connectivity index (χ1n) is 5.70. The highest BCUT2D eigenvalue weighted by Gasteiger charge is 2.28. The quantitative estimate of drug-likeness (QED) is 0.859. The van der Waals surface area contributed by atoms with Crippen LogP contribution < -0.4 is 10.1 Å². The molecular formula is C12H12F3NO3. The van der Waals surface area contributed by atoms with Crippen LogP contribution in [0.2, 0.25) is 0 Å². The zero-order chi connectivity index (χ0) is 13.9. The highest BCUT2D eigenvalue weighted by molar-refractivity contribution is 5.94. The fourth-order valence-corrected chi connectivity index (χ4v) is 1.76. The van der Waals surface area contributed by atoms with Crippen molar-refractivity contribution in [2.45, 2.75) is 19.2 Å². The number of fused-ring (bicyclic) bond motifs is 1. The van der Waals surface area contributed by atoms with Crippen LogP contribution in [0.4, 0.5) is 18.9 Å². The van der Waals surface area contributed by atoms with Crippen molar-refractivity contribution < 1.29 is 27.4 Å². The van der Waals surface area contributed by atoms with Gasteiger partial charge in [0.15, 0.2) is 0 Å². The van der Waals surface area contributed by atoms with Gasteiger partial charge < -0.3 is 10.1 Å². The molecule has 1 amide bonds. The molecule has 4 nitrogen and oxygen atoms in total. The number of benzene rings is 1. The fourth-order valence-electron chi connectivity index (χ4n) is 1.76. The molecule has 104 valence electrons. The van der Waals surface area contributed by atoms with Gasteiger partial charge in [-0.1, -0.05) is 6.07 Å². The molecule has 1 aliphatic heterocycles. The van der Waals surface area contributed by atoms with Gasteiger partial charge in [-0.25, -0.2) is 0 Å². The summed E-state index contributed by atoms with van der Waals surface area (Å²) in [5.74, 6) is 0.316. The molecule has 1 aromatic carbocycles. The van der Waals surface area contributed by atoms with Crippen LogP contribution in [0.1, 0.15) is 12.0 Å². The molecule has 2 rings (SSSR count). The van der Waals surface area contributed by atoms with Crippen molar-refractivity contribution in [3.63, 3.8) is 0 Å². The van der Waals surface area contributed by atoms with Crippen molar-refractivity contribution in [1.29, 1.82) is 0 Å². The molecule has 1 aliphatic rings. The first-order valence-corrected chi connectivity index (χ1v) is 5.70. The molecule has 0 unspecified atom stereocenters. The Labute approximate surface area is 107 Å². The second-order valence-corrected chi connectivity index (χ2v) is 4.01. The summed E-state index contributed by atoms with van der Waals surface area (Å²) in [6, 6.07) is 5.04. The van der Waals surface area contributed by atoms with Crippen LogP contribution in [-0.4, -0.2) is 25.5 Å². The molecule has 0 saturated heterocycles. The summed E-state index contributed by atoms with van der Waals surface area (Å²) in [5, 5.41) is 2.68.